The van der Waals surface area contributed by atoms with Crippen molar-refractivity contribution >= 4 is 58.1 Å². The quantitative estimate of drug-likeness (QED) is 0.107. The standard InChI is InChI=1S/C43H44ClN11O6S/c1-22-23(2)62-43-37(22)39(25-7-9-26(44)10-8-25)47-32(40-51-49-24(3)54(40)43)17-36(58)46-18-27-20-53(52-50-27)15-16-61-21-28(56)19-45-31-11-12-33-38-29(31)5-4-6-30(38)42(60)55(33)34-13-14-35(57)48-41(34)59/h4-10,20,31-34,45H,11-19,21H2,1-3H3,(H,46,58)(H,48,57,59)/t31?,32-,33?,34?/m0/s1. The maximum Gasteiger partial charge on any atom is 0.255 e. The second-order valence-corrected chi connectivity index (χ2v) is 17.6. The van der Waals surface area contributed by atoms with Gasteiger partial charge in [-0.3, -0.25) is 38.8 Å². The van der Waals surface area contributed by atoms with Crippen molar-refractivity contribution in [3.05, 3.63) is 109 Å². The van der Waals surface area contributed by atoms with Crippen molar-refractivity contribution in [3.8, 4) is 5.00 Å². The molecule has 19 heteroatoms. The molecule has 0 saturated carbocycles. The van der Waals surface area contributed by atoms with Gasteiger partial charge in [0.25, 0.3) is 5.91 Å². The highest BCUT2D eigenvalue weighted by Crippen LogP contribution is 2.48. The summed E-state index contributed by atoms with van der Waals surface area (Å²) in [5.41, 5.74) is 6.71. The Balaban J connectivity index is 0.755. The highest BCUT2D eigenvalue weighted by molar-refractivity contribution is 7.15. The number of piperidine rings is 1. The number of fused-ring (bicyclic) bond motifs is 3. The van der Waals surface area contributed by atoms with Crippen LogP contribution in [0.4, 0.5) is 0 Å². The van der Waals surface area contributed by atoms with Gasteiger partial charge in [-0.2, -0.15) is 0 Å². The van der Waals surface area contributed by atoms with Crippen molar-refractivity contribution in [2.24, 2.45) is 4.99 Å². The second kappa shape index (κ2) is 17.1. The molecule has 3 aliphatic heterocycles. The lowest BCUT2D eigenvalue weighted by molar-refractivity contribution is -0.137. The van der Waals surface area contributed by atoms with Gasteiger partial charge in [0.15, 0.2) is 11.6 Å². The number of nitrogens with zero attached hydrogens (tertiary/aromatic N) is 8. The number of aliphatic imine (C=N–C) groups is 1. The van der Waals surface area contributed by atoms with Gasteiger partial charge in [-0.25, -0.2) is 4.68 Å². The lowest BCUT2D eigenvalue weighted by atomic mass is 9.83. The Labute approximate surface area is 365 Å². The first-order valence-electron chi connectivity index (χ1n) is 20.6. The first-order valence-corrected chi connectivity index (χ1v) is 21.8. The molecule has 0 radical (unpaired) electrons. The van der Waals surface area contributed by atoms with Crippen LogP contribution in [0.5, 0.6) is 0 Å². The Morgan fingerprint density at radius 3 is 2.63 bits per heavy atom. The molecule has 4 amide bonds. The lowest BCUT2D eigenvalue weighted by Gasteiger charge is -2.38. The van der Waals surface area contributed by atoms with Gasteiger partial charge < -0.3 is 20.3 Å². The number of carbonyl (C=O) groups excluding carboxylic acids is 5. The number of Topliss-reactive ketones (excluding diaryl/α,β-unsaturated/α-hetero) is 1. The molecule has 9 rings (SSSR count). The molecule has 5 aromatic rings. The lowest BCUT2D eigenvalue weighted by Crippen LogP contribution is -2.53. The zero-order valence-corrected chi connectivity index (χ0v) is 35.9. The smallest absolute Gasteiger partial charge is 0.255 e. The molecule has 4 aliphatic rings. The summed E-state index contributed by atoms with van der Waals surface area (Å²) in [6, 6.07) is 11.4. The van der Waals surface area contributed by atoms with Crippen LogP contribution in [-0.2, 0) is 37.0 Å². The van der Waals surface area contributed by atoms with E-state index in [9.17, 15) is 24.0 Å². The predicted molar refractivity (Wildman–Crippen MR) is 227 cm³/mol. The van der Waals surface area contributed by atoms with Gasteiger partial charge in [-0.1, -0.05) is 41.1 Å². The SMILES string of the molecule is Cc1sc2c(c1C)C(c1ccc(Cl)cc1)=N[C@@H](CC(=O)NCc1cn(CCOCC(=O)CNC3CCC4c5c(cccc53)C(=O)N4C3CCC(=O)NC3=O)nn1)c1nnc(C)n1-2. The number of hydrogen-bond acceptors (Lipinski definition) is 13. The third kappa shape index (κ3) is 7.87. The molecule has 3 unspecified atom stereocenters. The van der Waals surface area contributed by atoms with Crippen molar-refractivity contribution in [1.82, 2.24) is 50.6 Å². The van der Waals surface area contributed by atoms with Crippen LogP contribution in [0.3, 0.4) is 0 Å². The Morgan fingerprint density at radius 1 is 1.00 bits per heavy atom. The maximum atomic E-state index is 13.5. The molecule has 1 aliphatic carbocycles. The summed E-state index contributed by atoms with van der Waals surface area (Å²) in [5.74, 6) is -0.0256. The van der Waals surface area contributed by atoms with E-state index in [2.05, 4.69) is 50.3 Å². The summed E-state index contributed by atoms with van der Waals surface area (Å²) < 4.78 is 9.29. The summed E-state index contributed by atoms with van der Waals surface area (Å²) in [6.45, 7) is 6.76. The molecule has 3 aromatic heterocycles. The van der Waals surface area contributed by atoms with Gasteiger partial charge in [-0.05, 0) is 74.9 Å². The number of benzene rings is 2. The maximum absolute atomic E-state index is 13.5. The molecule has 320 valence electrons. The Kier molecular flexibility index (Phi) is 11.4. The van der Waals surface area contributed by atoms with E-state index in [-0.39, 0.29) is 74.7 Å². The van der Waals surface area contributed by atoms with Gasteiger partial charge in [0.2, 0.25) is 17.7 Å². The number of amides is 4. The molecule has 0 bridgehead atoms. The second-order valence-electron chi connectivity index (χ2n) is 16.0. The summed E-state index contributed by atoms with van der Waals surface area (Å²) in [7, 11) is 0. The van der Waals surface area contributed by atoms with E-state index in [1.807, 2.05) is 47.9 Å². The normalized spacial score (nSPS) is 20.3. The summed E-state index contributed by atoms with van der Waals surface area (Å²) in [5, 5.41) is 27.5. The fourth-order valence-corrected chi connectivity index (χ4v) is 10.2. The number of thiophene rings is 1. The van der Waals surface area contributed by atoms with Crippen LogP contribution in [0, 0.1) is 20.8 Å². The molecule has 2 aromatic carbocycles. The first kappa shape index (κ1) is 41.4. The van der Waals surface area contributed by atoms with Crippen LogP contribution < -0.4 is 16.0 Å². The van der Waals surface area contributed by atoms with E-state index >= 15 is 0 Å². The van der Waals surface area contributed by atoms with Crippen LogP contribution in [0.15, 0.2) is 53.7 Å². The Morgan fingerprint density at radius 2 is 1.82 bits per heavy atom. The highest BCUT2D eigenvalue weighted by atomic mass is 35.5. The number of halogens is 1. The van der Waals surface area contributed by atoms with Crippen molar-refractivity contribution in [1.29, 1.82) is 0 Å². The topological polar surface area (TPSA) is 208 Å². The van der Waals surface area contributed by atoms with Gasteiger partial charge >= 0.3 is 0 Å². The van der Waals surface area contributed by atoms with Gasteiger partial charge in [0.1, 0.15) is 35.2 Å². The van der Waals surface area contributed by atoms with Crippen molar-refractivity contribution < 1.29 is 28.7 Å². The van der Waals surface area contributed by atoms with E-state index in [1.165, 1.54) is 0 Å². The molecule has 1 fully saturated rings. The molecule has 62 heavy (non-hydrogen) atoms. The van der Waals surface area contributed by atoms with E-state index in [0.717, 1.165) is 43.4 Å². The monoisotopic (exact) mass is 877 g/mol. The third-order valence-corrected chi connectivity index (χ3v) is 13.4. The number of aromatic nitrogens is 6. The van der Waals surface area contributed by atoms with E-state index < -0.39 is 18.0 Å². The summed E-state index contributed by atoms with van der Waals surface area (Å²) in [4.78, 5) is 72.2. The van der Waals surface area contributed by atoms with Crippen LogP contribution in [0.25, 0.3) is 5.00 Å². The van der Waals surface area contributed by atoms with Crippen LogP contribution >= 0.6 is 22.9 Å². The number of rotatable bonds is 14. The minimum atomic E-state index is -0.688. The average Bonchev–Trinajstić information content (AvgIpc) is 4.00. The fraction of sp³-hybridized carbons (Fsp3) is 0.395. The number of hydrogen-bond donors (Lipinski definition) is 3. The van der Waals surface area contributed by atoms with E-state index in [1.54, 1.807) is 33.2 Å². The van der Waals surface area contributed by atoms with Crippen LogP contribution in [-0.4, -0.2) is 95.6 Å². The van der Waals surface area contributed by atoms with Crippen LogP contribution in [0.1, 0.15) is 111 Å². The first-order chi connectivity index (χ1) is 29.9. The number of aryl methyl sites for hydroxylation is 2. The molecular formula is C43H44ClN11O6S. The number of carbonyl (C=O) groups is 5. The van der Waals surface area contributed by atoms with Gasteiger partial charge in [-0.15, -0.1) is 26.6 Å². The molecule has 1 saturated heterocycles. The zero-order valence-electron chi connectivity index (χ0n) is 34.3. The minimum absolute atomic E-state index is 0.0324. The van der Waals surface area contributed by atoms with Gasteiger partial charge in [0.05, 0.1) is 50.6 Å². The van der Waals surface area contributed by atoms with Crippen LogP contribution in [0.2, 0.25) is 5.02 Å². The average molecular weight is 878 g/mol. The minimum Gasteiger partial charge on any atom is -0.372 e. The van der Waals surface area contributed by atoms with Gasteiger partial charge in [0, 0.05) is 39.1 Å². The predicted octanol–water partition coefficient (Wildman–Crippen LogP) is 4.11. The zero-order chi connectivity index (χ0) is 43.2. The van der Waals surface area contributed by atoms with Crippen molar-refractivity contribution in [3.63, 3.8) is 0 Å². The fourth-order valence-electron chi connectivity index (χ4n) is 8.88. The molecule has 0 spiro atoms. The molecule has 4 atom stereocenters. The van der Waals surface area contributed by atoms with E-state index in [0.29, 0.717) is 53.7 Å². The highest BCUT2D eigenvalue weighted by Gasteiger charge is 2.48. The molecule has 17 nitrogen and oxygen atoms in total. The number of ketones is 1. The molecular weight excluding hydrogens is 834 g/mol. The summed E-state index contributed by atoms with van der Waals surface area (Å²) >= 11 is 7.88. The summed E-state index contributed by atoms with van der Waals surface area (Å²) in [6.07, 6.45) is 3.54. The number of nitrogens with one attached hydrogen (secondary N) is 3. The number of imide groups is 1. The number of ether oxygens (including phenoxy) is 1. The van der Waals surface area contributed by atoms with Crippen molar-refractivity contribution in [2.75, 3.05) is 19.8 Å². The van der Waals surface area contributed by atoms with E-state index in [4.69, 9.17) is 21.3 Å². The largest absolute Gasteiger partial charge is 0.372 e. The molecule has 6 heterocycles. The van der Waals surface area contributed by atoms with Crippen molar-refractivity contribution in [2.45, 2.75) is 90.1 Å². The Bertz CT molecular complexity index is 2650. The Hall–Kier alpha value is -5.95. The molecule has 3 N–H and O–H groups in total. The third-order valence-electron chi connectivity index (χ3n) is 12.0.